The molecule has 2 rings (SSSR count). The Hall–Kier alpha value is -1.26. The van der Waals surface area contributed by atoms with Crippen LogP contribution in [0.15, 0.2) is 23.2 Å². The van der Waals surface area contributed by atoms with Crippen molar-refractivity contribution in [1.29, 1.82) is 0 Å². The van der Waals surface area contributed by atoms with E-state index in [1.54, 1.807) is 14.2 Å². The largest absolute Gasteiger partial charge is 0.493 e. The second-order valence-electron chi connectivity index (χ2n) is 5.72. The van der Waals surface area contributed by atoms with Crippen molar-refractivity contribution in [3.05, 3.63) is 23.8 Å². The summed E-state index contributed by atoms with van der Waals surface area (Å²) in [7, 11) is 3.43. The van der Waals surface area contributed by atoms with Crippen LogP contribution in [-0.2, 0) is 11.3 Å². The van der Waals surface area contributed by atoms with Gasteiger partial charge in [0.05, 0.1) is 26.9 Å². The van der Waals surface area contributed by atoms with Gasteiger partial charge >= 0.3 is 0 Å². The average Bonchev–Trinajstić information content (AvgIpc) is 2.66. The van der Waals surface area contributed by atoms with Gasteiger partial charge in [0.25, 0.3) is 0 Å². The van der Waals surface area contributed by atoms with Crippen molar-refractivity contribution in [3.8, 4) is 11.5 Å². The minimum absolute atomic E-state index is 0. The van der Waals surface area contributed by atoms with Gasteiger partial charge in [-0.25, -0.2) is 0 Å². The summed E-state index contributed by atoms with van der Waals surface area (Å²) in [6.45, 7) is 8.74. The predicted octanol–water partition coefficient (Wildman–Crippen LogP) is 1.71. The van der Waals surface area contributed by atoms with Crippen molar-refractivity contribution in [1.82, 2.24) is 15.5 Å². The molecule has 1 aliphatic heterocycles. The number of hydrogen-bond acceptors (Lipinski definition) is 5. The number of hydrogen-bond donors (Lipinski definition) is 2. The topological polar surface area (TPSA) is 67.4 Å². The smallest absolute Gasteiger partial charge is 0.191 e. The van der Waals surface area contributed by atoms with Crippen LogP contribution in [0.5, 0.6) is 11.5 Å². The van der Waals surface area contributed by atoms with Crippen LogP contribution in [0.3, 0.4) is 0 Å². The van der Waals surface area contributed by atoms with Gasteiger partial charge in [-0.2, -0.15) is 0 Å². The molecule has 0 spiro atoms. The standard InChI is InChI=1S/C18H30N4O3.HI/c1-4-25-16-6-5-15(13-17(16)23-3)14-21-18(19-2)20-7-8-22-9-11-24-12-10-22;/h5-6,13H,4,7-12,14H2,1-3H3,(H2,19,20,21);1H. The summed E-state index contributed by atoms with van der Waals surface area (Å²) in [5, 5.41) is 6.67. The van der Waals surface area contributed by atoms with Gasteiger partial charge in [-0.15, -0.1) is 24.0 Å². The van der Waals surface area contributed by atoms with E-state index in [0.717, 1.165) is 62.4 Å². The summed E-state index contributed by atoms with van der Waals surface area (Å²) in [6.07, 6.45) is 0. The molecular weight excluding hydrogens is 447 g/mol. The van der Waals surface area contributed by atoms with E-state index in [1.165, 1.54) is 0 Å². The molecule has 0 amide bonds. The Labute approximate surface area is 173 Å². The normalized spacial score (nSPS) is 15.1. The van der Waals surface area contributed by atoms with Crippen molar-refractivity contribution in [2.24, 2.45) is 4.99 Å². The van der Waals surface area contributed by atoms with E-state index in [4.69, 9.17) is 14.2 Å². The van der Waals surface area contributed by atoms with Crippen LogP contribution in [0.2, 0.25) is 0 Å². The number of benzene rings is 1. The first-order chi connectivity index (χ1) is 12.3. The van der Waals surface area contributed by atoms with Gasteiger partial charge in [0.1, 0.15) is 0 Å². The van der Waals surface area contributed by atoms with E-state index < -0.39 is 0 Å². The molecule has 2 N–H and O–H groups in total. The van der Waals surface area contributed by atoms with Crippen LogP contribution in [0.4, 0.5) is 0 Å². The lowest BCUT2D eigenvalue weighted by Gasteiger charge is -2.26. The van der Waals surface area contributed by atoms with Crippen molar-refractivity contribution in [2.45, 2.75) is 13.5 Å². The number of rotatable bonds is 8. The molecule has 148 valence electrons. The maximum Gasteiger partial charge on any atom is 0.191 e. The van der Waals surface area contributed by atoms with E-state index >= 15 is 0 Å². The molecule has 0 aromatic heterocycles. The molecule has 0 saturated carbocycles. The number of aliphatic imine (C=N–C) groups is 1. The summed E-state index contributed by atoms with van der Waals surface area (Å²) in [6, 6.07) is 5.95. The second kappa shape index (κ2) is 13.0. The first-order valence-electron chi connectivity index (χ1n) is 8.81. The molecule has 0 aliphatic carbocycles. The fourth-order valence-electron chi connectivity index (χ4n) is 2.66. The highest BCUT2D eigenvalue weighted by molar-refractivity contribution is 14.0. The Morgan fingerprint density at radius 2 is 2.00 bits per heavy atom. The predicted molar refractivity (Wildman–Crippen MR) is 115 cm³/mol. The molecule has 7 nitrogen and oxygen atoms in total. The highest BCUT2D eigenvalue weighted by Gasteiger charge is 2.10. The first-order valence-corrected chi connectivity index (χ1v) is 8.81. The third-order valence-electron chi connectivity index (χ3n) is 4.04. The minimum atomic E-state index is 0. The summed E-state index contributed by atoms with van der Waals surface area (Å²) >= 11 is 0. The Morgan fingerprint density at radius 1 is 1.23 bits per heavy atom. The Kier molecular flexibility index (Phi) is 11.4. The average molecular weight is 478 g/mol. The van der Waals surface area contributed by atoms with E-state index in [-0.39, 0.29) is 24.0 Å². The van der Waals surface area contributed by atoms with Gasteiger partial charge < -0.3 is 24.8 Å². The Morgan fingerprint density at radius 3 is 2.65 bits per heavy atom. The zero-order valence-electron chi connectivity index (χ0n) is 15.9. The number of nitrogens with one attached hydrogen (secondary N) is 2. The number of ether oxygens (including phenoxy) is 3. The Bertz CT molecular complexity index is 551. The van der Waals surface area contributed by atoms with Crippen molar-refractivity contribution in [3.63, 3.8) is 0 Å². The maximum atomic E-state index is 5.55. The van der Waals surface area contributed by atoms with Crippen LogP contribution in [0.25, 0.3) is 0 Å². The summed E-state index contributed by atoms with van der Waals surface area (Å²) in [4.78, 5) is 6.66. The zero-order chi connectivity index (χ0) is 17.9. The third-order valence-corrected chi connectivity index (χ3v) is 4.04. The molecule has 0 unspecified atom stereocenters. The number of halogens is 1. The lowest BCUT2D eigenvalue weighted by molar-refractivity contribution is 0.0389. The molecule has 1 aromatic rings. The van der Waals surface area contributed by atoms with Gasteiger partial charge in [0.15, 0.2) is 17.5 Å². The number of nitrogens with zero attached hydrogens (tertiary/aromatic N) is 2. The molecule has 26 heavy (non-hydrogen) atoms. The molecule has 1 saturated heterocycles. The molecule has 1 aliphatic rings. The van der Waals surface area contributed by atoms with Crippen molar-refractivity contribution < 1.29 is 14.2 Å². The highest BCUT2D eigenvalue weighted by atomic mass is 127. The monoisotopic (exact) mass is 478 g/mol. The van der Waals surface area contributed by atoms with Gasteiger partial charge in [0, 0.05) is 39.8 Å². The van der Waals surface area contributed by atoms with Gasteiger partial charge in [0.2, 0.25) is 0 Å². The fourth-order valence-corrected chi connectivity index (χ4v) is 2.66. The number of methoxy groups -OCH3 is 1. The Balaban J connectivity index is 0.00000338. The summed E-state index contributed by atoms with van der Waals surface area (Å²) in [5.41, 5.74) is 1.11. The fraction of sp³-hybridized carbons (Fsp3) is 0.611. The quantitative estimate of drug-likeness (QED) is 0.337. The number of morpholine rings is 1. The van der Waals surface area contributed by atoms with Crippen molar-refractivity contribution in [2.75, 3.05) is 60.2 Å². The lowest BCUT2D eigenvalue weighted by atomic mass is 10.2. The molecule has 1 heterocycles. The molecule has 1 aromatic carbocycles. The molecule has 0 bridgehead atoms. The molecule has 1 fully saturated rings. The van der Waals surface area contributed by atoms with Gasteiger partial charge in [-0.3, -0.25) is 9.89 Å². The van der Waals surface area contributed by atoms with E-state index in [9.17, 15) is 0 Å². The molecule has 8 heteroatoms. The van der Waals surface area contributed by atoms with Crippen molar-refractivity contribution >= 4 is 29.9 Å². The third kappa shape index (κ3) is 7.55. The lowest BCUT2D eigenvalue weighted by Crippen LogP contribution is -2.44. The van der Waals surface area contributed by atoms with Crippen LogP contribution < -0.4 is 20.1 Å². The zero-order valence-corrected chi connectivity index (χ0v) is 18.2. The maximum absolute atomic E-state index is 5.55. The summed E-state index contributed by atoms with van der Waals surface area (Å²) < 4.78 is 16.3. The van der Waals surface area contributed by atoms with Crippen LogP contribution in [0, 0.1) is 0 Å². The van der Waals surface area contributed by atoms with Crippen LogP contribution in [0.1, 0.15) is 12.5 Å². The van der Waals surface area contributed by atoms with E-state index in [2.05, 4.69) is 20.5 Å². The van der Waals surface area contributed by atoms with Gasteiger partial charge in [-0.1, -0.05) is 6.07 Å². The summed E-state index contributed by atoms with van der Waals surface area (Å²) in [5.74, 6) is 2.30. The SMILES string of the molecule is CCOc1ccc(CNC(=NC)NCCN2CCOCC2)cc1OC.I. The second-order valence-corrected chi connectivity index (χ2v) is 5.72. The molecular formula is C18H31IN4O3. The van der Waals surface area contributed by atoms with Gasteiger partial charge in [-0.05, 0) is 24.6 Å². The van der Waals surface area contributed by atoms with E-state index in [1.807, 2.05) is 25.1 Å². The number of guanidine groups is 1. The minimum Gasteiger partial charge on any atom is -0.493 e. The van der Waals surface area contributed by atoms with Crippen LogP contribution >= 0.6 is 24.0 Å². The highest BCUT2D eigenvalue weighted by Crippen LogP contribution is 2.27. The van der Waals surface area contributed by atoms with Crippen LogP contribution in [-0.4, -0.2) is 71.0 Å². The van der Waals surface area contributed by atoms with E-state index in [0.29, 0.717) is 13.2 Å². The first kappa shape index (κ1) is 22.8. The molecule has 0 radical (unpaired) electrons. The molecule has 0 atom stereocenters.